The minimum atomic E-state index is 0.621. The lowest BCUT2D eigenvalue weighted by molar-refractivity contribution is 0.0676. The molecule has 1 rings (SSSR count). The molecule has 0 heterocycles. The van der Waals surface area contributed by atoms with Crippen LogP contribution in [0, 0.1) is 5.92 Å². The van der Waals surface area contributed by atoms with Crippen LogP contribution in [-0.4, -0.2) is 49.8 Å². The van der Waals surface area contributed by atoms with Crippen molar-refractivity contribution in [2.75, 3.05) is 26.8 Å². The summed E-state index contributed by atoms with van der Waals surface area (Å²) in [6.45, 7) is 12.3. The Morgan fingerprint density at radius 1 is 1.28 bits per heavy atom. The first kappa shape index (κ1) is 15.9. The third-order valence-electron chi connectivity index (χ3n) is 4.10. The first-order valence-electron chi connectivity index (χ1n) is 7.58. The molecule has 0 spiro atoms. The van der Waals surface area contributed by atoms with E-state index in [0.29, 0.717) is 18.0 Å². The molecule has 0 aliphatic heterocycles. The largest absolute Gasteiger partial charge is 0.383 e. The average molecular weight is 256 g/mol. The van der Waals surface area contributed by atoms with Gasteiger partial charge in [0.05, 0.1) is 6.61 Å². The van der Waals surface area contributed by atoms with E-state index >= 15 is 0 Å². The van der Waals surface area contributed by atoms with Crippen molar-refractivity contribution in [3.8, 4) is 0 Å². The molecule has 1 aliphatic rings. The Morgan fingerprint density at radius 2 is 1.94 bits per heavy atom. The summed E-state index contributed by atoms with van der Waals surface area (Å²) < 4.78 is 5.27. The summed E-state index contributed by atoms with van der Waals surface area (Å²) in [7, 11) is 1.79. The highest BCUT2D eigenvalue weighted by Crippen LogP contribution is 2.21. The standard InChI is InChI=1S/C15H32N2O/c1-6-13(4)17(9-10-18-5)15(12(2)3)11-16-14-7-8-14/h12-16H,6-11H2,1-5H3. The van der Waals surface area contributed by atoms with Gasteiger partial charge in [-0.3, -0.25) is 4.90 Å². The highest BCUT2D eigenvalue weighted by atomic mass is 16.5. The lowest BCUT2D eigenvalue weighted by atomic mass is 9.99. The van der Waals surface area contributed by atoms with Crippen LogP contribution in [0.15, 0.2) is 0 Å². The van der Waals surface area contributed by atoms with Crippen molar-refractivity contribution >= 4 is 0 Å². The van der Waals surface area contributed by atoms with E-state index in [9.17, 15) is 0 Å². The topological polar surface area (TPSA) is 24.5 Å². The van der Waals surface area contributed by atoms with Gasteiger partial charge in [0.2, 0.25) is 0 Å². The van der Waals surface area contributed by atoms with E-state index in [1.165, 1.54) is 19.3 Å². The minimum Gasteiger partial charge on any atom is -0.383 e. The molecule has 2 atom stereocenters. The Kier molecular flexibility index (Phi) is 7.20. The maximum absolute atomic E-state index is 5.27. The SMILES string of the molecule is CCC(C)N(CCOC)C(CNC1CC1)C(C)C. The van der Waals surface area contributed by atoms with Gasteiger partial charge in [0.1, 0.15) is 0 Å². The second kappa shape index (κ2) is 8.13. The van der Waals surface area contributed by atoms with Gasteiger partial charge in [-0.1, -0.05) is 20.8 Å². The van der Waals surface area contributed by atoms with Crippen molar-refractivity contribution in [2.24, 2.45) is 5.92 Å². The van der Waals surface area contributed by atoms with Crippen LogP contribution in [0.4, 0.5) is 0 Å². The molecular weight excluding hydrogens is 224 g/mol. The van der Waals surface area contributed by atoms with Crippen LogP contribution in [0.25, 0.3) is 0 Å². The molecule has 0 radical (unpaired) electrons. The Bertz CT molecular complexity index is 217. The summed E-state index contributed by atoms with van der Waals surface area (Å²) in [5.41, 5.74) is 0. The van der Waals surface area contributed by atoms with Gasteiger partial charge in [-0.25, -0.2) is 0 Å². The molecular formula is C15H32N2O. The van der Waals surface area contributed by atoms with Gasteiger partial charge < -0.3 is 10.1 Å². The maximum Gasteiger partial charge on any atom is 0.0589 e. The Morgan fingerprint density at radius 3 is 2.39 bits per heavy atom. The summed E-state index contributed by atoms with van der Waals surface area (Å²) in [5, 5.41) is 3.69. The molecule has 1 fully saturated rings. The number of hydrogen-bond donors (Lipinski definition) is 1. The van der Waals surface area contributed by atoms with E-state index in [1.54, 1.807) is 7.11 Å². The number of nitrogens with zero attached hydrogens (tertiary/aromatic N) is 1. The van der Waals surface area contributed by atoms with E-state index in [1.807, 2.05) is 0 Å². The van der Waals surface area contributed by atoms with Crippen LogP contribution in [0.5, 0.6) is 0 Å². The van der Waals surface area contributed by atoms with E-state index < -0.39 is 0 Å². The van der Waals surface area contributed by atoms with Crippen LogP contribution in [0.3, 0.4) is 0 Å². The van der Waals surface area contributed by atoms with E-state index in [0.717, 1.165) is 25.7 Å². The third-order valence-corrected chi connectivity index (χ3v) is 4.10. The smallest absolute Gasteiger partial charge is 0.0589 e. The van der Waals surface area contributed by atoms with E-state index in [2.05, 4.69) is 37.9 Å². The number of nitrogens with one attached hydrogen (secondary N) is 1. The Labute approximate surface area is 113 Å². The van der Waals surface area contributed by atoms with Crippen LogP contribution < -0.4 is 5.32 Å². The highest BCUT2D eigenvalue weighted by molar-refractivity contribution is 4.86. The van der Waals surface area contributed by atoms with Gasteiger partial charge in [-0.05, 0) is 32.1 Å². The first-order chi connectivity index (χ1) is 8.60. The fraction of sp³-hybridized carbons (Fsp3) is 1.00. The molecule has 1 aliphatic carbocycles. The predicted octanol–water partition coefficient (Wildman–Crippen LogP) is 2.51. The van der Waals surface area contributed by atoms with Gasteiger partial charge in [0.15, 0.2) is 0 Å². The number of hydrogen-bond acceptors (Lipinski definition) is 3. The fourth-order valence-electron chi connectivity index (χ4n) is 2.46. The van der Waals surface area contributed by atoms with Gasteiger partial charge in [-0.15, -0.1) is 0 Å². The van der Waals surface area contributed by atoms with Crippen molar-refractivity contribution in [1.29, 1.82) is 0 Å². The summed E-state index contributed by atoms with van der Waals surface area (Å²) in [6, 6.07) is 2.05. The molecule has 0 aromatic carbocycles. The molecule has 18 heavy (non-hydrogen) atoms. The molecule has 1 saturated carbocycles. The van der Waals surface area contributed by atoms with E-state index in [-0.39, 0.29) is 0 Å². The molecule has 2 unspecified atom stereocenters. The number of ether oxygens (including phenoxy) is 1. The number of methoxy groups -OCH3 is 1. The quantitative estimate of drug-likeness (QED) is 0.650. The minimum absolute atomic E-state index is 0.621. The van der Waals surface area contributed by atoms with Crippen LogP contribution in [-0.2, 0) is 4.74 Å². The summed E-state index contributed by atoms with van der Waals surface area (Å²) in [5.74, 6) is 0.683. The van der Waals surface area contributed by atoms with Crippen molar-refractivity contribution in [1.82, 2.24) is 10.2 Å². The normalized spacial score (nSPS) is 19.5. The van der Waals surface area contributed by atoms with Crippen molar-refractivity contribution in [3.05, 3.63) is 0 Å². The summed E-state index contributed by atoms with van der Waals surface area (Å²) in [4.78, 5) is 2.63. The second-order valence-electron chi connectivity index (χ2n) is 5.98. The molecule has 0 saturated heterocycles. The van der Waals surface area contributed by atoms with Gasteiger partial charge >= 0.3 is 0 Å². The average Bonchev–Trinajstić information content (AvgIpc) is 3.15. The molecule has 1 N–H and O–H groups in total. The lowest BCUT2D eigenvalue weighted by Gasteiger charge is -2.38. The first-order valence-corrected chi connectivity index (χ1v) is 7.58. The molecule has 0 amide bonds. The summed E-state index contributed by atoms with van der Waals surface area (Å²) >= 11 is 0. The summed E-state index contributed by atoms with van der Waals surface area (Å²) in [6.07, 6.45) is 3.94. The van der Waals surface area contributed by atoms with E-state index in [4.69, 9.17) is 4.74 Å². The van der Waals surface area contributed by atoms with Crippen molar-refractivity contribution in [3.63, 3.8) is 0 Å². The number of rotatable bonds is 10. The van der Waals surface area contributed by atoms with Crippen LogP contribution in [0.2, 0.25) is 0 Å². The Hall–Kier alpha value is -0.120. The maximum atomic E-state index is 5.27. The molecule has 108 valence electrons. The zero-order chi connectivity index (χ0) is 13.5. The fourth-order valence-corrected chi connectivity index (χ4v) is 2.46. The van der Waals surface area contributed by atoms with Crippen LogP contribution in [0.1, 0.15) is 47.0 Å². The second-order valence-corrected chi connectivity index (χ2v) is 5.98. The zero-order valence-electron chi connectivity index (χ0n) is 12.9. The monoisotopic (exact) mass is 256 g/mol. The van der Waals surface area contributed by atoms with Crippen molar-refractivity contribution < 1.29 is 4.74 Å². The lowest BCUT2D eigenvalue weighted by Crippen LogP contribution is -2.51. The van der Waals surface area contributed by atoms with Gasteiger partial charge in [-0.2, -0.15) is 0 Å². The predicted molar refractivity (Wildman–Crippen MR) is 78.0 cm³/mol. The third kappa shape index (κ3) is 5.25. The Balaban J connectivity index is 2.55. The van der Waals surface area contributed by atoms with Gasteiger partial charge in [0, 0.05) is 38.3 Å². The molecule has 3 heteroatoms. The molecule has 0 bridgehead atoms. The highest BCUT2D eigenvalue weighted by Gasteiger charge is 2.28. The molecule has 0 aromatic rings. The molecule has 0 aromatic heterocycles. The van der Waals surface area contributed by atoms with Crippen molar-refractivity contribution in [2.45, 2.75) is 65.1 Å². The van der Waals surface area contributed by atoms with Crippen LogP contribution >= 0.6 is 0 Å². The van der Waals surface area contributed by atoms with Gasteiger partial charge in [0.25, 0.3) is 0 Å². The zero-order valence-corrected chi connectivity index (χ0v) is 12.9. The molecule has 3 nitrogen and oxygen atoms in total.